The maximum atomic E-state index is 12.3. The smallest absolute Gasteiger partial charge is 0.344 e. The van der Waals surface area contributed by atoms with Crippen molar-refractivity contribution >= 4 is 23.1 Å². The molecule has 0 aliphatic carbocycles. The molecule has 1 aromatic carbocycles. The van der Waals surface area contributed by atoms with Gasteiger partial charge in [0.25, 0.3) is 0 Å². The molecule has 3 aromatic heterocycles. The van der Waals surface area contributed by atoms with Gasteiger partial charge >= 0.3 is 12.1 Å². The Morgan fingerprint density at radius 2 is 1.97 bits per heavy atom. The number of nitrogens with one attached hydrogen (secondary N) is 2. The second kappa shape index (κ2) is 7.82. The highest BCUT2D eigenvalue weighted by atomic mass is 19.4. The largest absolute Gasteiger partial charge is 0.471 e. The van der Waals surface area contributed by atoms with Gasteiger partial charge in [-0.2, -0.15) is 18.3 Å². The number of alkyl halides is 3. The summed E-state index contributed by atoms with van der Waals surface area (Å²) in [5, 5.41) is 9.16. The number of benzene rings is 1. The predicted molar refractivity (Wildman–Crippen MR) is 104 cm³/mol. The molecule has 0 fully saturated rings. The van der Waals surface area contributed by atoms with Crippen LogP contribution in [0.5, 0.6) is 0 Å². The number of carbonyl (C=O) groups excluding carboxylic acids is 1. The van der Waals surface area contributed by atoms with E-state index >= 15 is 0 Å². The van der Waals surface area contributed by atoms with Gasteiger partial charge in [0.1, 0.15) is 0 Å². The van der Waals surface area contributed by atoms with Crippen LogP contribution in [0.4, 0.5) is 24.8 Å². The summed E-state index contributed by atoms with van der Waals surface area (Å²) >= 11 is 0. The van der Waals surface area contributed by atoms with Gasteiger partial charge in [0.15, 0.2) is 0 Å². The van der Waals surface area contributed by atoms with E-state index in [0.717, 1.165) is 11.1 Å². The maximum absolute atomic E-state index is 12.3. The number of fused-ring (bicyclic) bond motifs is 1. The molecule has 0 spiro atoms. The third-order valence-corrected chi connectivity index (χ3v) is 4.25. The highest BCUT2D eigenvalue weighted by Gasteiger charge is 2.38. The van der Waals surface area contributed by atoms with Crippen LogP contribution in [0.3, 0.4) is 0 Å². The van der Waals surface area contributed by atoms with Gasteiger partial charge in [-0.25, -0.2) is 14.5 Å². The van der Waals surface area contributed by atoms with E-state index in [1.165, 1.54) is 0 Å². The van der Waals surface area contributed by atoms with Crippen LogP contribution in [-0.2, 0) is 11.3 Å². The first kappa shape index (κ1) is 19.4. The molecule has 1 amide bonds. The Morgan fingerprint density at radius 1 is 1.10 bits per heavy atom. The number of hydrogen-bond acceptors (Lipinski definition) is 5. The lowest BCUT2D eigenvalue weighted by Gasteiger charge is -2.10. The molecule has 10 heteroatoms. The van der Waals surface area contributed by atoms with Crippen molar-refractivity contribution in [3.8, 4) is 11.3 Å². The zero-order valence-electron chi connectivity index (χ0n) is 15.4. The average molecular weight is 412 g/mol. The molecule has 0 aliphatic heterocycles. The van der Waals surface area contributed by atoms with E-state index in [-0.39, 0.29) is 6.54 Å². The fourth-order valence-corrected chi connectivity index (χ4v) is 2.87. The van der Waals surface area contributed by atoms with Gasteiger partial charge in [-0.1, -0.05) is 18.2 Å². The lowest BCUT2D eigenvalue weighted by molar-refractivity contribution is -0.173. The van der Waals surface area contributed by atoms with Crippen LogP contribution in [-0.4, -0.2) is 31.7 Å². The number of carbonyl (C=O) groups is 1. The molecule has 0 saturated heterocycles. The Hall–Kier alpha value is -3.95. The van der Waals surface area contributed by atoms with Crippen LogP contribution in [0, 0.1) is 0 Å². The number of nitrogens with zero attached hydrogens (tertiary/aromatic N) is 4. The molecule has 2 N–H and O–H groups in total. The van der Waals surface area contributed by atoms with Crippen LogP contribution < -0.4 is 10.6 Å². The Labute approximate surface area is 168 Å². The summed E-state index contributed by atoms with van der Waals surface area (Å²) in [4.78, 5) is 19.7. The highest BCUT2D eigenvalue weighted by molar-refractivity contribution is 5.81. The van der Waals surface area contributed by atoms with Crippen LogP contribution in [0.15, 0.2) is 67.1 Å². The van der Waals surface area contributed by atoms with Crippen LogP contribution >= 0.6 is 0 Å². The number of rotatable bonds is 5. The van der Waals surface area contributed by atoms with Crippen LogP contribution in [0.1, 0.15) is 5.56 Å². The van der Waals surface area contributed by atoms with Crippen molar-refractivity contribution < 1.29 is 18.0 Å². The summed E-state index contributed by atoms with van der Waals surface area (Å²) in [6.07, 6.45) is 0.237. The summed E-state index contributed by atoms with van der Waals surface area (Å²) in [5.41, 5.74) is 3.47. The molecule has 0 atom stereocenters. The van der Waals surface area contributed by atoms with Crippen molar-refractivity contribution in [3.05, 3.63) is 72.7 Å². The minimum atomic E-state index is -4.91. The normalized spacial score (nSPS) is 11.4. The molecule has 152 valence electrons. The zero-order valence-corrected chi connectivity index (χ0v) is 15.4. The van der Waals surface area contributed by atoms with Gasteiger partial charge in [-0.3, -0.25) is 4.79 Å². The Kier molecular flexibility index (Phi) is 5.05. The number of aromatic nitrogens is 4. The number of hydrogen-bond donors (Lipinski definition) is 2. The molecule has 4 rings (SSSR count). The molecule has 3 heterocycles. The Morgan fingerprint density at radius 3 is 2.80 bits per heavy atom. The summed E-state index contributed by atoms with van der Waals surface area (Å²) in [5.74, 6) is -1.66. The molecular formula is C20H15F3N6O. The van der Waals surface area contributed by atoms with Crippen molar-refractivity contribution in [1.29, 1.82) is 0 Å². The van der Waals surface area contributed by atoms with Gasteiger partial charge in [-0.15, -0.1) is 0 Å². The second-order valence-corrected chi connectivity index (χ2v) is 6.36. The fraction of sp³-hybridized carbons (Fsp3) is 0.100. The lowest BCUT2D eigenvalue weighted by atomic mass is 10.2. The summed E-state index contributed by atoms with van der Waals surface area (Å²) < 4.78 is 38.7. The molecule has 0 radical (unpaired) electrons. The first-order chi connectivity index (χ1) is 14.4. The van der Waals surface area contributed by atoms with Crippen LogP contribution in [0.25, 0.3) is 16.8 Å². The zero-order chi connectivity index (χ0) is 21.1. The highest BCUT2D eigenvalue weighted by Crippen LogP contribution is 2.24. The molecular weight excluding hydrogens is 397 g/mol. The van der Waals surface area contributed by atoms with Gasteiger partial charge in [0.05, 0.1) is 17.4 Å². The summed E-state index contributed by atoms with van der Waals surface area (Å²) in [7, 11) is 0. The molecule has 7 nitrogen and oxygen atoms in total. The first-order valence-corrected chi connectivity index (χ1v) is 8.87. The monoisotopic (exact) mass is 412 g/mol. The standard InChI is InChI=1S/C20H15F3N6O/c21-20(22,23)18(30)25-11-13-4-3-5-14(10-13)27-19-24-8-7-16(28-19)15-12-26-29-9-2-1-6-17(15)29/h1-10,12H,11H2,(H,25,30)(H,24,27,28). The first-order valence-electron chi connectivity index (χ1n) is 8.87. The van der Waals surface area contributed by atoms with E-state index in [1.807, 2.05) is 29.7 Å². The second-order valence-electron chi connectivity index (χ2n) is 6.36. The number of pyridine rings is 1. The third kappa shape index (κ3) is 4.22. The van der Waals surface area contributed by atoms with Crippen LogP contribution in [0.2, 0.25) is 0 Å². The maximum Gasteiger partial charge on any atom is 0.471 e. The Balaban J connectivity index is 1.51. The molecule has 0 saturated carbocycles. The van der Waals surface area contributed by atoms with E-state index in [2.05, 4.69) is 20.4 Å². The topological polar surface area (TPSA) is 84.2 Å². The van der Waals surface area contributed by atoms with E-state index < -0.39 is 12.1 Å². The van der Waals surface area contributed by atoms with E-state index in [9.17, 15) is 18.0 Å². The number of amides is 1. The quantitative estimate of drug-likeness (QED) is 0.522. The Bertz CT molecular complexity index is 1200. The van der Waals surface area contributed by atoms with E-state index in [4.69, 9.17) is 0 Å². The van der Waals surface area contributed by atoms with Gasteiger partial charge in [-0.05, 0) is 35.9 Å². The molecule has 4 aromatic rings. The van der Waals surface area contributed by atoms with Crippen molar-refractivity contribution in [2.75, 3.05) is 5.32 Å². The molecule has 0 bridgehead atoms. The number of halogens is 3. The molecule has 0 aliphatic rings. The van der Waals surface area contributed by atoms with Gasteiger partial charge in [0.2, 0.25) is 5.95 Å². The summed E-state index contributed by atoms with van der Waals surface area (Å²) in [6.45, 7) is -0.253. The molecule has 30 heavy (non-hydrogen) atoms. The SMILES string of the molecule is O=C(NCc1cccc(Nc2nccc(-c3cnn4ccccc34)n2)c1)C(F)(F)F. The average Bonchev–Trinajstić information content (AvgIpc) is 3.16. The predicted octanol–water partition coefficient (Wildman–Crippen LogP) is 3.71. The molecule has 0 unspecified atom stereocenters. The number of anilines is 2. The van der Waals surface area contributed by atoms with Gasteiger partial charge in [0, 0.05) is 30.2 Å². The van der Waals surface area contributed by atoms with E-state index in [0.29, 0.717) is 22.9 Å². The minimum absolute atomic E-state index is 0.253. The van der Waals surface area contributed by atoms with Gasteiger partial charge < -0.3 is 10.6 Å². The van der Waals surface area contributed by atoms with Crippen molar-refractivity contribution in [3.63, 3.8) is 0 Å². The lowest BCUT2D eigenvalue weighted by Crippen LogP contribution is -2.36. The fourth-order valence-electron chi connectivity index (χ4n) is 2.87. The summed E-state index contributed by atoms with van der Waals surface area (Å²) in [6, 6.07) is 14.1. The van der Waals surface area contributed by atoms with E-state index in [1.54, 1.807) is 47.2 Å². The minimum Gasteiger partial charge on any atom is -0.344 e. The third-order valence-electron chi connectivity index (χ3n) is 4.25. The van der Waals surface area contributed by atoms with Crippen molar-refractivity contribution in [2.45, 2.75) is 12.7 Å². The van der Waals surface area contributed by atoms with Crippen molar-refractivity contribution in [1.82, 2.24) is 24.9 Å². The van der Waals surface area contributed by atoms with Crippen molar-refractivity contribution in [2.24, 2.45) is 0 Å².